The molecule has 12 heteroatoms. The van der Waals surface area contributed by atoms with E-state index in [4.69, 9.17) is 28.7 Å². The highest BCUT2D eigenvalue weighted by Crippen LogP contribution is 2.02. The number of carbonyl (C=O) groups is 3. The summed E-state index contributed by atoms with van der Waals surface area (Å²) in [7, 11) is 0. The minimum atomic E-state index is -0.794. The maximum atomic E-state index is 12.3. The van der Waals surface area contributed by atoms with Crippen molar-refractivity contribution in [3.63, 3.8) is 0 Å². The number of aldehydes is 1. The molecular weight excluding hydrogens is 366 g/mol. The van der Waals surface area contributed by atoms with E-state index in [9.17, 15) is 14.4 Å². The lowest BCUT2D eigenvalue weighted by molar-refractivity contribution is -0.129. The van der Waals surface area contributed by atoms with E-state index in [2.05, 4.69) is 20.6 Å². The van der Waals surface area contributed by atoms with Gasteiger partial charge in [0.25, 0.3) is 0 Å². The fraction of sp³-hybridized carbons (Fsp3) is 0.688. The van der Waals surface area contributed by atoms with E-state index < -0.39 is 18.0 Å². The topological polar surface area (TPSA) is 230 Å². The van der Waals surface area contributed by atoms with Crippen molar-refractivity contribution in [2.75, 3.05) is 19.6 Å². The number of rotatable bonds is 15. The molecule has 0 aromatic carbocycles. The third-order valence-electron chi connectivity index (χ3n) is 3.68. The molecule has 0 saturated carbocycles. The molecule has 0 fully saturated rings. The molecule has 12 N–H and O–H groups in total. The van der Waals surface area contributed by atoms with E-state index in [-0.39, 0.29) is 17.8 Å². The second-order valence-electron chi connectivity index (χ2n) is 6.17. The highest BCUT2D eigenvalue weighted by molar-refractivity contribution is 5.89. The molecule has 0 aliphatic heterocycles. The van der Waals surface area contributed by atoms with Crippen molar-refractivity contribution in [3.05, 3.63) is 0 Å². The summed E-state index contributed by atoms with van der Waals surface area (Å²) in [5.74, 6) is -0.858. The lowest BCUT2D eigenvalue weighted by atomic mass is 10.1. The Morgan fingerprint density at radius 1 is 0.893 bits per heavy atom. The molecule has 0 radical (unpaired) electrons. The number of nitrogens with one attached hydrogen (secondary N) is 2. The van der Waals surface area contributed by atoms with Crippen LogP contribution in [0, 0.1) is 0 Å². The number of amides is 2. The van der Waals surface area contributed by atoms with Crippen LogP contribution in [-0.2, 0) is 14.4 Å². The number of nitrogens with two attached hydrogens (primary N) is 5. The molecule has 0 saturated heterocycles. The Balaban J connectivity index is 4.62. The zero-order valence-corrected chi connectivity index (χ0v) is 16.1. The number of hydrogen-bond acceptors (Lipinski definition) is 6. The third kappa shape index (κ3) is 13.3. The molecule has 12 nitrogen and oxygen atoms in total. The van der Waals surface area contributed by atoms with Gasteiger partial charge in [0, 0.05) is 26.1 Å². The van der Waals surface area contributed by atoms with Crippen LogP contribution in [0.5, 0.6) is 0 Å². The Hall–Kier alpha value is -2.89. The monoisotopic (exact) mass is 399 g/mol. The third-order valence-corrected chi connectivity index (χ3v) is 3.68. The molecule has 0 aromatic rings. The molecule has 0 aliphatic carbocycles. The quantitative estimate of drug-likeness (QED) is 0.0647. The van der Waals surface area contributed by atoms with Crippen LogP contribution in [0.4, 0.5) is 0 Å². The first-order chi connectivity index (χ1) is 13.3. The standard InChI is InChI=1S/C16H33N9O3/c17-11(5-3-8-23-15(18)19)13(27)25-12(6-4-9-24-16(20)21)14(28)22-7-1-2-10-26/h10-12H,1-9,17H2,(H,22,28)(H,25,27)(H4,18,19,23)(H4,20,21,24)/t11-,12+/m0/s1. The van der Waals surface area contributed by atoms with Gasteiger partial charge >= 0.3 is 0 Å². The van der Waals surface area contributed by atoms with E-state index in [1.54, 1.807) is 0 Å². The molecule has 0 rings (SSSR count). The van der Waals surface area contributed by atoms with Crippen LogP contribution in [0.1, 0.15) is 38.5 Å². The van der Waals surface area contributed by atoms with Gasteiger partial charge in [-0.1, -0.05) is 0 Å². The fourth-order valence-corrected chi connectivity index (χ4v) is 2.22. The highest BCUT2D eigenvalue weighted by Gasteiger charge is 2.23. The maximum Gasteiger partial charge on any atom is 0.242 e. The van der Waals surface area contributed by atoms with Crippen LogP contribution >= 0.6 is 0 Å². The smallest absolute Gasteiger partial charge is 0.242 e. The van der Waals surface area contributed by atoms with Gasteiger partial charge < -0.3 is 44.1 Å². The average molecular weight is 400 g/mol. The Bertz CT molecular complexity index is 543. The Morgan fingerprint density at radius 2 is 1.46 bits per heavy atom. The Labute approximate surface area is 164 Å². The van der Waals surface area contributed by atoms with Crippen molar-refractivity contribution in [2.24, 2.45) is 38.7 Å². The van der Waals surface area contributed by atoms with Gasteiger partial charge in [-0.15, -0.1) is 0 Å². The maximum absolute atomic E-state index is 12.3. The Kier molecular flexibility index (Phi) is 13.6. The number of guanidine groups is 2. The molecule has 2 atom stereocenters. The van der Waals surface area contributed by atoms with Crippen LogP contribution in [0.2, 0.25) is 0 Å². The molecule has 0 aromatic heterocycles. The summed E-state index contributed by atoms with van der Waals surface area (Å²) < 4.78 is 0. The minimum absolute atomic E-state index is 0.0230. The van der Waals surface area contributed by atoms with E-state index in [0.717, 1.165) is 6.29 Å². The van der Waals surface area contributed by atoms with Gasteiger partial charge in [0.1, 0.15) is 12.3 Å². The van der Waals surface area contributed by atoms with Crippen molar-refractivity contribution in [2.45, 2.75) is 50.6 Å². The second-order valence-corrected chi connectivity index (χ2v) is 6.17. The number of nitrogens with zero attached hydrogens (tertiary/aromatic N) is 2. The molecule has 0 unspecified atom stereocenters. The summed E-state index contributed by atoms with van der Waals surface area (Å²) in [6.45, 7) is 1.03. The molecular formula is C16H33N9O3. The van der Waals surface area contributed by atoms with Crippen molar-refractivity contribution in [1.82, 2.24) is 10.6 Å². The summed E-state index contributed by atoms with van der Waals surface area (Å²) in [6.07, 6.45) is 3.37. The van der Waals surface area contributed by atoms with Crippen LogP contribution in [0.15, 0.2) is 9.98 Å². The highest BCUT2D eigenvalue weighted by atomic mass is 16.2. The van der Waals surface area contributed by atoms with E-state index >= 15 is 0 Å². The average Bonchev–Trinajstić information content (AvgIpc) is 2.63. The minimum Gasteiger partial charge on any atom is -0.370 e. The first kappa shape index (κ1) is 25.1. The number of hydrogen-bond donors (Lipinski definition) is 7. The molecule has 160 valence electrons. The summed E-state index contributed by atoms with van der Waals surface area (Å²) in [5.41, 5.74) is 26.9. The number of carbonyl (C=O) groups excluding carboxylic acids is 3. The number of unbranched alkanes of at least 4 members (excludes halogenated alkanes) is 1. The zero-order chi connectivity index (χ0) is 21.4. The van der Waals surface area contributed by atoms with Gasteiger partial charge in [0.15, 0.2) is 11.9 Å². The predicted octanol–water partition coefficient (Wildman–Crippen LogP) is -3.00. The lowest BCUT2D eigenvalue weighted by Crippen LogP contribution is -2.51. The van der Waals surface area contributed by atoms with Crippen molar-refractivity contribution in [3.8, 4) is 0 Å². The SMILES string of the molecule is NC(N)=NCCC[C@H](N)C(=O)N[C@H](CCCN=C(N)N)C(=O)NCCCC=O. The summed E-state index contributed by atoms with van der Waals surface area (Å²) in [4.78, 5) is 42.6. The second kappa shape index (κ2) is 15.2. The lowest BCUT2D eigenvalue weighted by Gasteiger charge is -2.20. The summed E-state index contributed by atoms with van der Waals surface area (Å²) in [6, 6.07) is -1.57. The van der Waals surface area contributed by atoms with Crippen LogP contribution in [0.3, 0.4) is 0 Å². The van der Waals surface area contributed by atoms with Crippen molar-refractivity contribution < 1.29 is 14.4 Å². The predicted molar refractivity (Wildman–Crippen MR) is 108 cm³/mol. The normalized spacial score (nSPS) is 12.3. The first-order valence-corrected chi connectivity index (χ1v) is 9.16. The van der Waals surface area contributed by atoms with Gasteiger partial charge in [-0.25, -0.2) is 0 Å². The van der Waals surface area contributed by atoms with Crippen LogP contribution in [0.25, 0.3) is 0 Å². The molecule has 2 amide bonds. The van der Waals surface area contributed by atoms with E-state index in [0.29, 0.717) is 58.2 Å². The summed E-state index contributed by atoms with van der Waals surface area (Å²) >= 11 is 0. The van der Waals surface area contributed by atoms with Crippen molar-refractivity contribution >= 4 is 30.0 Å². The fourth-order valence-electron chi connectivity index (χ4n) is 2.22. The van der Waals surface area contributed by atoms with E-state index in [1.807, 2.05) is 0 Å². The molecule has 0 heterocycles. The Morgan fingerprint density at radius 3 is 2.00 bits per heavy atom. The van der Waals surface area contributed by atoms with Crippen LogP contribution in [-0.4, -0.2) is 61.7 Å². The molecule has 0 bridgehead atoms. The first-order valence-electron chi connectivity index (χ1n) is 9.16. The van der Waals surface area contributed by atoms with Crippen LogP contribution < -0.4 is 39.3 Å². The molecule has 0 aliphatic rings. The number of aliphatic imine (C=N–C) groups is 2. The van der Waals surface area contributed by atoms with Gasteiger partial charge in [0.05, 0.1) is 6.04 Å². The zero-order valence-electron chi connectivity index (χ0n) is 16.1. The summed E-state index contributed by atoms with van der Waals surface area (Å²) in [5, 5.41) is 5.35. The molecule has 0 spiro atoms. The largest absolute Gasteiger partial charge is 0.370 e. The van der Waals surface area contributed by atoms with E-state index in [1.165, 1.54) is 0 Å². The molecule has 28 heavy (non-hydrogen) atoms. The van der Waals surface area contributed by atoms with Gasteiger partial charge in [-0.05, 0) is 32.1 Å². The van der Waals surface area contributed by atoms with Gasteiger partial charge in [0.2, 0.25) is 11.8 Å². The van der Waals surface area contributed by atoms with Gasteiger partial charge in [-0.2, -0.15) is 0 Å². The van der Waals surface area contributed by atoms with Crippen molar-refractivity contribution in [1.29, 1.82) is 0 Å². The van der Waals surface area contributed by atoms with Gasteiger partial charge in [-0.3, -0.25) is 19.6 Å².